The highest BCUT2D eigenvalue weighted by Gasteiger charge is 2.17. The summed E-state index contributed by atoms with van der Waals surface area (Å²) in [6.45, 7) is 5.78. The highest BCUT2D eigenvalue weighted by atomic mass is 32.2. The number of likely N-dealkylation sites (N-methyl/N-ethyl adjacent to an activating group) is 1. The van der Waals surface area contributed by atoms with E-state index in [1.54, 1.807) is 24.3 Å². The normalized spacial score (nSPS) is 15.3. The fraction of sp³-hybridized carbons (Fsp3) is 0.269. The van der Waals surface area contributed by atoms with Crippen LogP contribution >= 0.6 is 0 Å². The maximum Gasteiger partial charge on any atom is 0.267 e. The summed E-state index contributed by atoms with van der Waals surface area (Å²) < 4.78 is 33.3. The minimum absolute atomic E-state index is 0.145. The number of amides is 1. The Morgan fingerprint density at radius 1 is 1.06 bits per heavy atom. The molecule has 0 radical (unpaired) electrons. The molecule has 10 heteroatoms. The number of carbonyl (C=O) groups is 1. The minimum atomic E-state index is -3.83. The second-order valence-electron chi connectivity index (χ2n) is 8.63. The lowest BCUT2D eigenvalue weighted by molar-refractivity contribution is -0.124. The van der Waals surface area contributed by atoms with E-state index < -0.39 is 15.9 Å². The van der Waals surface area contributed by atoms with Crippen molar-refractivity contribution in [3.63, 3.8) is 0 Å². The Hall–Kier alpha value is -3.44. The molecule has 2 aromatic carbocycles. The van der Waals surface area contributed by atoms with Gasteiger partial charge in [-0.1, -0.05) is 24.3 Å². The second kappa shape index (κ2) is 11.5. The Morgan fingerprint density at radius 3 is 2.53 bits per heavy atom. The van der Waals surface area contributed by atoms with E-state index in [0.29, 0.717) is 12.2 Å². The Kier molecular flexibility index (Phi) is 8.21. The van der Waals surface area contributed by atoms with Crippen LogP contribution in [0.15, 0.2) is 78.0 Å². The molecule has 0 saturated carbocycles. The number of hydroxylamine groups is 1. The lowest BCUT2D eigenvalue weighted by atomic mass is 10.1. The zero-order valence-corrected chi connectivity index (χ0v) is 20.9. The number of rotatable bonds is 9. The monoisotopic (exact) mass is 510 g/mol. The molecular formula is C26H30N4O5S. The van der Waals surface area contributed by atoms with Crippen molar-refractivity contribution in [3.8, 4) is 16.9 Å². The lowest BCUT2D eigenvalue weighted by Crippen LogP contribution is -2.45. The van der Waals surface area contributed by atoms with Crippen LogP contribution in [0.25, 0.3) is 17.2 Å². The van der Waals surface area contributed by atoms with Gasteiger partial charge in [-0.2, -0.15) is 0 Å². The summed E-state index contributed by atoms with van der Waals surface area (Å²) in [7, 11) is -1.69. The van der Waals surface area contributed by atoms with Crippen molar-refractivity contribution in [2.45, 2.75) is 4.90 Å². The van der Waals surface area contributed by atoms with Crippen LogP contribution in [-0.2, 0) is 14.8 Å². The van der Waals surface area contributed by atoms with Gasteiger partial charge in [-0.25, -0.2) is 17.9 Å². The van der Waals surface area contributed by atoms with Crippen LogP contribution in [0.3, 0.4) is 0 Å². The Bertz CT molecular complexity index is 1310. The van der Waals surface area contributed by atoms with Crippen molar-refractivity contribution in [2.75, 3.05) is 46.4 Å². The van der Waals surface area contributed by atoms with Gasteiger partial charge in [0.15, 0.2) is 0 Å². The quantitative estimate of drug-likeness (QED) is 0.259. The number of hydrogen-bond acceptors (Lipinski definition) is 7. The van der Waals surface area contributed by atoms with Gasteiger partial charge in [0.1, 0.15) is 12.4 Å². The molecule has 1 amide bonds. The van der Waals surface area contributed by atoms with E-state index in [0.717, 1.165) is 59.6 Å². The van der Waals surface area contributed by atoms with Gasteiger partial charge >= 0.3 is 0 Å². The van der Waals surface area contributed by atoms with Crippen LogP contribution in [0.2, 0.25) is 0 Å². The average Bonchev–Trinajstić information content (AvgIpc) is 3.39. The van der Waals surface area contributed by atoms with Crippen molar-refractivity contribution in [2.24, 2.45) is 0 Å². The molecule has 0 bridgehead atoms. The van der Waals surface area contributed by atoms with Crippen LogP contribution in [0, 0.1) is 0 Å². The number of ether oxygens (including phenoxy) is 1. The number of hydrogen-bond donors (Lipinski definition) is 2. The number of nitrogens with zero attached hydrogens (tertiary/aromatic N) is 3. The van der Waals surface area contributed by atoms with Crippen molar-refractivity contribution in [1.82, 2.24) is 19.3 Å². The number of piperazine rings is 1. The van der Waals surface area contributed by atoms with Gasteiger partial charge in [-0.05, 0) is 60.1 Å². The molecule has 0 atom stereocenters. The first-order chi connectivity index (χ1) is 17.3. The van der Waals surface area contributed by atoms with Crippen molar-refractivity contribution in [3.05, 3.63) is 78.6 Å². The predicted molar refractivity (Wildman–Crippen MR) is 137 cm³/mol. The molecule has 4 rings (SSSR count). The highest BCUT2D eigenvalue weighted by Crippen LogP contribution is 2.26. The Balaban J connectivity index is 1.41. The van der Waals surface area contributed by atoms with Crippen molar-refractivity contribution < 1.29 is 23.2 Å². The standard InChI is InChI=1S/C26H30N4O5S/c1-28-13-15-29(16-14-28)17-18-35-24-8-6-22(7-9-24)23-3-2-4-25(19-23)36(33,34)30-12-11-21(20-30)5-10-26(31)27-32/h2-12,19-20,32H,13-18H2,1H3,(H,27,31)/b10-5+. The molecule has 3 aromatic rings. The SMILES string of the molecule is CN1CCN(CCOc2ccc(-c3cccc(S(=O)(=O)n4ccc(/C=C/C(=O)NO)c4)c3)cc2)CC1. The molecule has 36 heavy (non-hydrogen) atoms. The third-order valence-corrected chi connectivity index (χ3v) is 7.73. The molecule has 2 heterocycles. The van der Waals surface area contributed by atoms with E-state index in [9.17, 15) is 13.2 Å². The average molecular weight is 511 g/mol. The van der Waals surface area contributed by atoms with Crippen molar-refractivity contribution in [1.29, 1.82) is 0 Å². The van der Waals surface area contributed by atoms with Gasteiger partial charge in [0.05, 0.1) is 4.90 Å². The third-order valence-electron chi connectivity index (χ3n) is 6.10. The first-order valence-electron chi connectivity index (χ1n) is 11.6. The predicted octanol–water partition coefficient (Wildman–Crippen LogP) is 2.54. The van der Waals surface area contributed by atoms with E-state index >= 15 is 0 Å². The molecule has 1 saturated heterocycles. The maximum absolute atomic E-state index is 13.1. The van der Waals surface area contributed by atoms with Gasteiger partial charge in [0.2, 0.25) is 0 Å². The summed E-state index contributed by atoms with van der Waals surface area (Å²) in [6, 6.07) is 15.9. The smallest absolute Gasteiger partial charge is 0.267 e. The van der Waals surface area contributed by atoms with E-state index in [1.807, 2.05) is 30.3 Å². The van der Waals surface area contributed by atoms with E-state index in [2.05, 4.69) is 16.8 Å². The molecule has 9 nitrogen and oxygen atoms in total. The molecular weight excluding hydrogens is 480 g/mol. The molecule has 1 aliphatic rings. The molecule has 0 unspecified atom stereocenters. The van der Waals surface area contributed by atoms with Crippen LogP contribution in [0.1, 0.15) is 5.56 Å². The van der Waals surface area contributed by atoms with Gasteiger partial charge in [0, 0.05) is 51.2 Å². The first kappa shape index (κ1) is 25.6. The van der Waals surface area contributed by atoms with Gasteiger partial charge in [0.25, 0.3) is 15.9 Å². The zero-order valence-electron chi connectivity index (χ0n) is 20.1. The molecule has 190 valence electrons. The van der Waals surface area contributed by atoms with Gasteiger partial charge < -0.3 is 9.64 Å². The third kappa shape index (κ3) is 6.41. The van der Waals surface area contributed by atoms with E-state index in [4.69, 9.17) is 9.94 Å². The Morgan fingerprint density at radius 2 is 1.81 bits per heavy atom. The second-order valence-corrected chi connectivity index (χ2v) is 10.5. The number of nitrogens with one attached hydrogen (secondary N) is 1. The molecule has 0 spiro atoms. The molecule has 1 fully saturated rings. The number of aromatic nitrogens is 1. The van der Waals surface area contributed by atoms with Crippen LogP contribution in [0.4, 0.5) is 0 Å². The molecule has 1 aliphatic heterocycles. The maximum atomic E-state index is 13.1. The summed E-state index contributed by atoms with van der Waals surface area (Å²) in [5.41, 5.74) is 3.64. The highest BCUT2D eigenvalue weighted by molar-refractivity contribution is 7.90. The summed E-state index contributed by atoms with van der Waals surface area (Å²) in [5.74, 6) is 0.0733. The van der Waals surface area contributed by atoms with Gasteiger partial charge in [-0.3, -0.25) is 14.9 Å². The van der Waals surface area contributed by atoms with Crippen LogP contribution in [-0.4, -0.2) is 79.7 Å². The first-order valence-corrected chi connectivity index (χ1v) is 13.1. The topological polar surface area (TPSA) is 104 Å². The number of carbonyl (C=O) groups excluding carboxylic acids is 1. The largest absolute Gasteiger partial charge is 0.492 e. The summed E-state index contributed by atoms with van der Waals surface area (Å²) >= 11 is 0. The number of benzene rings is 2. The van der Waals surface area contributed by atoms with Crippen molar-refractivity contribution >= 4 is 22.0 Å². The fourth-order valence-electron chi connectivity index (χ4n) is 3.92. The van der Waals surface area contributed by atoms with Crippen LogP contribution in [0.5, 0.6) is 5.75 Å². The van der Waals surface area contributed by atoms with Gasteiger partial charge in [-0.15, -0.1) is 0 Å². The van der Waals surface area contributed by atoms with E-state index in [-0.39, 0.29) is 4.90 Å². The van der Waals surface area contributed by atoms with E-state index in [1.165, 1.54) is 23.9 Å². The Labute approximate surface area is 211 Å². The molecule has 2 N–H and O–H groups in total. The molecule has 0 aliphatic carbocycles. The van der Waals surface area contributed by atoms with Crippen LogP contribution < -0.4 is 10.2 Å². The summed E-state index contributed by atoms with van der Waals surface area (Å²) in [5, 5.41) is 8.56. The summed E-state index contributed by atoms with van der Waals surface area (Å²) in [6.07, 6.45) is 5.32. The minimum Gasteiger partial charge on any atom is -0.492 e. The lowest BCUT2D eigenvalue weighted by Gasteiger charge is -2.32. The molecule has 1 aromatic heterocycles. The zero-order chi connectivity index (χ0) is 25.5. The fourth-order valence-corrected chi connectivity index (χ4v) is 5.17. The summed E-state index contributed by atoms with van der Waals surface area (Å²) in [4.78, 5) is 16.0.